The highest BCUT2D eigenvalue weighted by atomic mass is 16.5. The van der Waals surface area contributed by atoms with E-state index in [1.165, 1.54) is 0 Å². The van der Waals surface area contributed by atoms with Crippen LogP contribution in [0.4, 0.5) is 0 Å². The van der Waals surface area contributed by atoms with Crippen molar-refractivity contribution in [1.29, 1.82) is 0 Å². The van der Waals surface area contributed by atoms with Crippen molar-refractivity contribution in [3.05, 3.63) is 0 Å². The predicted molar refractivity (Wildman–Crippen MR) is 35.1 cm³/mol. The van der Waals surface area contributed by atoms with E-state index in [0.29, 0.717) is 6.61 Å². The largest absolute Gasteiger partial charge is 0.466 e. The van der Waals surface area contributed by atoms with Crippen molar-refractivity contribution < 1.29 is 20.1 Å². The molecule has 10 heavy (non-hydrogen) atoms. The Balaban J connectivity index is 0. The van der Waals surface area contributed by atoms with E-state index in [9.17, 15) is 4.79 Å². The molecule has 0 aromatic carbocycles. The molecule has 5 nitrogen and oxygen atoms in total. The Kier molecular flexibility index (Phi) is 7.81. The van der Waals surface area contributed by atoms with Gasteiger partial charge in [0.15, 0.2) is 0 Å². The molecule has 0 heterocycles. The molecular weight excluding hydrogens is 138 g/mol. The molecule has 0 saturated carbocycles. The standard InChI is InChI=1S/C5H11NO3.H2O/c1-2-9-5(8)3-4(6)7;/h4,7H,2-3,6H2,1H3;1H2. The lowest BCUT2D eigenvalue weighted by atomic mass is 10.4. The average molecular weight is 151 g/mol. The van der Waals surface area contributed by atoms with Crippen molar-refractivity contribution in [3.8, 4) is 0 Å². The van der Waals surface area contributed by atoms with E-state index >= 15 is 0 Å². The highest BCUT2D eigenvalue weighted by Gasteiger charge is 2.04. The fraction of sp³-hybridized carbons (Fsp3) is 0.800. The first-order chi connectivity index (χ1) is 4.16. The summed E-state index contributed by atoms with van der Waals surface area (Å²) in [4.78, 5) is 10.4. The van der Waals surface area contributed by atoms with Crippen LogP contribution < -0.4 is 5.73 Å². The zero-order chi connectivity index (χ0) is 7.28. The maximum Gasteiger partial charge on any atom is 0.309 e. The molecule has 5 N–H and O–H groups in total. The van der Waals surface area contributed by atoms with Gasteiger partial charge in [-0.3, -0.25) is 4.79 Å². The zero-order valence-electron chi connectivity index (χ0n) is 5.83. The second-order valence-electron chi connectivity index (χ2n) is 1.58. The maximum atomic E-state index is 10.4. The van der Waals surface area contributed by atoms with Crippen LogP contribution in [-0.2, 0) is 9.53 Å². The minimum Gasteiger partial charge on any atom is -0.466 e. The second kappa shape index (κ2) is 6.47. The molecule has 0 spiro atoms. The van der Waals surface area contributed by atoms with Crippen molar-refractivity contribution in [2.75, 3.05) is 6.61 Å². The Bertz CT molecular complexity index is 93.6. The molecule has 0 aliphatic rings. The van der Waals surface area contributed by atoms with Crippen molar-refractivity contribution in [3.63, 3.8) is 0 Å². The summed E-state index contributed by atoms with van der Waals surface area (Å²) >= 11 is 0. The second-order valence-corrected chi connectivity index (χ2v) is 1.58. The van der Waals surface area contributed by atoms with Gasteiger partial charge in [-0.1, -0.05) is 0 Å². The number of nitrogens with two attached hydrogens (primary N) is 1. The Labute approximate surface area is 59.1 Å². The molecule has 0 aromatic heterocycles. The van der Waals surface area contributed by atoms with E-state index in [0.717, 1.165) is 0 Å². The summed E-state index contributed by atoms with van der Waals surface area (Å²) in [6, 6.07) is 0. The van der Waals surface area contributed by atoms with Gasteiger partial charge in [-0.05, 0) is 6.92 Å². The van der Waals surface area contributed by atoms with E-state index in [-0.39, 0.29) is 11.9 Å². The first kappa shape index (κ1) is 12.1. The summed E-state index contributed by atoms with van der Waals surface area (Å²) in [5.41, 5.74) is 4.88. The number of carbonyl (C=O) groups excluding carboxylic acids is 1. The van der Waals surface area contributed by atoms with Crippen molar-refractivity contribution >= 4 is 5.97 Å². The van der Waals surface area contributed by atoms with Crippen LogP contribution in [0.3, 0.4) is 0 Å². The van der Waals surface area contributed by atoms with Crippen molar-refractivity contribution in [1.82, 2.24) is 0 Å². The van der Waals surface area contributed by atoms with Gasteiger partial charge in [0.25, 0.3) is 0 Å². The third-order valence-corrected chi connectivity index (χ3v) is 0.681. The molecule has 1 atom stereocenters. The van der Waals surface area contributed by atoms with Crippen molar-refractivity contribution in [2.45, 2.75) is 19.6 Å². The van der Waals surface area contributed by atoms with E-state index in [2.05, 4.69) is 4.74 Å². The summed E-state index contributed by atoms with van der Waals surface area (Å²) in [6.07, 6.45) is -1.22. The van der Waals surface area contributed by atoms with Crippen LogP contribution in [0.1, 0.15) is 13.3 Å². The molecule has 0 amide bonds. The number of hydrogen-bond acceptors (Lipinski definition) is 4. The van der Waals surface area contributed by atoms with E-state index in [1.54, 1.807) is 6.92 Å². The van der Waals surface area contributed by atoms with Gasteiger partial charge in [0.05, 0.1) is 13.0 Å². The smallest absolute Gasteiger partial charge is 0.309 e. The maximum absolute atomic E-state index is 10.4. The molecule has 0 aliphatic heterocycles. The summed E-state index contributed by atoms with van der Waals surface area (Å²) < 4.78 is 4.47. The van der Waals surface area contributed by atoms with Gasteiger partial charge in [0.1, 0.15) is 6.23 Å². The Hall–Kier alpha value is -0.650. The van der Waals surface area contributed by atoms with Gasteiger partial charge in [-0.15, -0.1) is 0 Å². The quantitative estimate of drug-likeness (QED) is 0.374. The monoisotopic (exact) mass is 151 g/mol. The summed E-state index contributed by atoms with van der Waals surface area (Å²) in [5.74, 6) is -0.465. The van der Waals surface area contributed by atoms with Gasteiger partial charge in [0, 0.05) is 0 Å². The topological polar surface area (TPSA) is 104 Å². The number of carbonyl (C=O) groups is 1. The van der Waals surface area contributed by atoms with Crippen LogP contribution in [-0.4, -0.2) is 29.4 Å². The molecule has 0 rings (SSSR count). The first-order valence-corrected chi connectivity index (χ1v) is 2.76. The molecule has 5 heteroatoms. The van der Waals surface area contributed by atoms with E-state index in [1.807, 2.05) is 0 Å². The number of esters is 1. The van der Waals surface area contributed by atoms with Gasteiger partial charge in [0.2, 0.25) is 0 Å². The third kappa shape index (κ3) is 7.35. The Morgan fingerprint density at radius 1 is 1.80 bits per heavy atom. The van der Waals surface area contributed by atoms with Gasteiger partial charge in [-0.25, -0.2) is 0 Å². The minimum absolute atomic E-state index is 0. The van der Waals surface area contributed by atoms with Crippen LogP contribution in [0.2, 0.25) is 0 Å². The fourth-order valence-electron chi connectivity index (χ4n) is 0.391. The highest BCUT2D eigenvalue weighted by molar-refractivity contribution is 5.69. The third-order valence-electron chi connectivity index (χ3n) is 0.681. The SMILES string of the molecule is CCOC(=O)CC(N)O.O. The Morgan fingerprint density at radius 2 is 2.30 bits per heavy atom. The lowest BCUT2D eigenvalue weighted by Crippen LogP contribution is -2.23. The van der Waals surface area contributed by atoms with Gasteiger partial charge < -0.3 is 21.1 Å². The number of aliphatic hydroxyl groups is 1. The minimum atomic E-state index is -1.09. The molecular formula is C5H13NO4. The Morgan fingerprint density at radius 3 is 2.60 bits per heavy atom. The number of aliphatic hydroxyl groups excluding tert-OH is 1. The van der Waals surface area contributed by atoms with Crippen LogP contribution >= 0.6 is 0 Å². The molecule has 0 saturated heterocycles. The summed E-state index contributed by atoms with van der Waals surface area (Å²) in [5, 5.41) is 8.43. The molecule has 0 fully saturated rings. The van der Waals surface area contributed by atoms with Crippen molar-refractivity contribution in [2.24, 2.45) is 5.73 Å². The normalized spacial score (nSPS) is 11.5. The van der Waals surface area contributed by atoms with Gasteiger partial charge >= 0.3 is 5.97 Å². The fourth-order valence-corrected chi connectivity index (χ4v) is 0.391. The number of rotatable bonds is 3. The molecule has 0 aliphatic carbocycles. The van der Waals surface area contributed by atoms with E-state index < -0.39 is 12.2 Å². The zero-order valence-corrected chi connectivity index (χ0v) is 5.83. The van der Waals surface area contributed by atoms with Crippen LogP contribution in [0.15, 0.2) is 0 Å². The first-order valence-electron chi connectivity index (χ1n) is 2.76. The summed E-state index contributed by atoms with van der Waals surface area (Å²) in [7, 11) is 0. The highest BCUT2D eigenvalue weighted by Crippen LogP contribution is 1.86. The number of hydrogen-bond donors (Lipinski definition) is 2. The number of ether oxygens (including phenoxy) is 1. The molecule has 62 valence electrons. The van der Waals surface area contributed by atoms with E-state index in [4.69, 9.17) is 10.8 Å². The van der Waals surface area contributed by atoms with Crippen LogP contribution in [0.25, 0.3) is 0 Å². The molecule has 0 bridgehead atoms. The predicted octanol–water partition coefficient (Wildman–Crippen LogP) is -1.61. The molecule has 0 aromatic rings. The van der Waals surface area contributed by atoms with Gasteiger partial charge in [-0.2, -0.15) is 0 Å². The van der Waals surface area contributed by atoms with Crippen LogP contribution in [0, 0.1) is 0 Å². The lowest BCUT2D eigenvalue weighted by molar-refractivity contribution is -0.145. The molecule has 1 unspecified atom stereocenters. The lowest BCUT2D eigenvalue weighted by Gasteiger charge is -2.02. The van der Waals surface area contributed by atoms with Crippen LogP contribution in [0.5, 0.6) is 0 Å². The average Bonchev–Trinajstić information content (AvgIpc) is 1.63. The molecule has 0 radical (unpaired) electrons. The summed E-state index contributed by atoms with van der Waals surface area (Å²) in [6.45, 7) is 2.02.